The zero-order chi connectivity index (χ0) is 23.0. The Morgan fingerprint density at radius 3 is 2.40 bits per heavy atom. The molecule has 1 aromatic heterocycles. The minimum atomic E-state index is -1.84. The van der Waals surface area contributed by atoms with Gasteiger partial charge in [0.1, 0.15) is 6.73 Å². The van der Waals surface area contributed by atoms with Crippen LogP contribution < -0.4 is 0 Å². The van der Waals surface area contributed by atoms with Crippen LogP contribution in [0.3, 0.4) is 0 Å². The second kappa shape index (κ2) is 8.88. The molecule has 0 aromatic carbocycles. The molecule has 0 fully saturated rings. The molecule has 1 heterocycles. The molecule has 0 saturated heterocycles. The lowest BCUT2D eigenvalue weighted by Crippen LogP contribution is -2.44. The molecule has 0 amide bonds. The Balaban J connectivity index is 2.16. The minimum absolute atomic E-state index is 0.0194. The van der Waals surface area contributed by atoms with Crippen LogP contribution in [0.25, 0.3) is 0 Å². The highest BCUT2D eigenvalue weighted by Crippen LogP contribution is 2.41. The van der Waals surface area contributed by atoms with Crippen molar-refractivity contribution in [2.75, 3.05) is 13.2 Å². The van der Waals surface area contributed by atoms with Crippen LogP contribution in [0.5, 0.6) is 0 Å². The molecule has 1 atom stereocenters. The van der Waals surface area contributed by atoms with Gasteiger partial charge in [-0.2, -0.15) is 5.10 Å². The average molecular weight is 455 g/mol. The Morgan fingerprint density at radius 1 is 1.23 bits per heavy atom. The molecule has 8 heteroatoms. The van der Waals surface area contributed by atoms with Crippen LogP contribution in [0.2, 0.25) is 43.8 Å². The molecule has 0 spiro atoms. The summed E-state index contributed by atoms with van der Waals surface area (Å²) in [4.78, 5) is 11.7. The van der Waals surface area contributed by atoms with Gasteiger partial charge in [-0.25, -0.2) is 9.48 Å². The number of aromatic carboxylic acids is 1. The van der Waals surface area contributed by atoms with Crippen molar-refractivity contribution >= 4 is 22.4 Å². The normalized spacial score (nSPS) is 20.3. The van der Waals surface area contributed by atoms with E-state index in [4.69, 9.17) is 9.16 Å². The molecule has 30 heavy (non-hydrogen) atoms. The number of rotatable bonds is 9. The maximum atomic E-state index is 11.7. The fourth-order valence-electron chi connectivity index (χ4n) is 3.42. The molecular formula is C22H42N2O4Si2. The van der Waals surface area contributed by atoms with Gasteiger partial charge in [0.25, 0.3) is 0 Å². The molecule has 1 unspecified atom stereocenters. The highest BCUT2D eigenvalue weighted by Gasteiger charge is 2.41. The molecule has 1 N–H and O–H groups in total. The number of hydrogen-bond acceptors (Lipinski definition) is 4. The fraction of sp³-hybridized carbons (Fsp3) is 0.818. The number of hydrogen-bond donors (Lipinski definition) is 1. The first-order valence-electron chi connectivity index (χ1n) is 11.1. The third-order valence-electron chi connectivity index (χ3n) is 6.74. The van der Waals surface area contributed by atoms with E-state index in [1.807, 2.05) is 0 Å². The Morgan fingerprint density at radius 2 is 1.87 bits per heavy atom. The van der Waals surface area contributed by atoms with Gasteiger partial charge in [0, 0.05) is 32.5 Å². The molecular weight excluding hydrogens is 412 g/mol. The van der Waals surface area contributed by atoms with E-state index in [0.29, 0.717) is 19.9 Å². The van der Waals surface area contributed by atoms with Crippen LogP contribution >= 0.6 is 0 Å². The molecule has 1 aromatic rings. The topological polar surface area (TPSA) is 73.6 Å². The maximum absolute atomic E-state index is 11.7. The molecule has 0 radical (unpaired) electrons. The maximum Gasteiger partial charge on any atom is 0.356 e. The van der Waals surface area contributed by atoms with Gasteiger partial charge in [0.05, 0.1) is 0 Å². The van der Waals surface area contributed by atoms with Crippen LogP contribution in [0.15, 0.2) is 0 Å². The summed E-state index contributed by atoms with van der Waals surface area (Å²) in [5, 5.41) is 14.2. The van der Waals surface area contributed by atoms with E-state index in [9.17, 15) is 9.90 Å². The van der Waals surface area contributed by atoms with Crippen molar-refractivity contribution in [3.8, 4) is 0 Å². The van der Waals surface area contributed by atoms with Crippen molar-refractivity contribution in [2.45, 2.75) is 97.5 Å². The minimum Gasteiger partial charge on any atom is -0.476 e. The average Bonchev–Trinajstić information content (AvgIpc) is 2.93. The number of nitrogens with zero attached hydrogens (tertiary/aromatic N) is 2. The second-order valence-corrected chi connectivity index (χ2v) is 22.4. The monoisotopic (exact) mass is 454 g/mol. The van der Waals surface area contributed by atoms with Crippen LogP contribution in [0.1, 0.15) is 55.9 Å². The summed E-state index contributed by atoms with van der Waals surface area (Å²) < 4.78 is 14.2. The largest absolute Gasteiger partial charge is 0.476 e. The van der Waals surface area contributed by atoms with Crippen molar-refractivity contribution in [3.05, 3.63) is 17.0 Å². The summed E-state index contributed by atoms with van der Waals surface area (Å²) in [5.74, 6) is -0.951. The standard InChI is InChI=1S/C22H42N2O4Si2/c1-21(2,3)30(8,9)28-15-22(4)11-10-17-18(14-22)24(23-19(17)20(25)26)16-27-12-13-29(5,6)7/h10-16H2,1-9H3,(H,25,26). The molecule has 172 valence electrons. The predicted molar refractivity (Wildman–Crippen MR) is 127 cm³/mol. The van der Waals surface area contributed by atoms with Gasteiger partial charge in [0.15, 0.2) is 14.0 Å². The quantitative estimate of drug-likeness (QED) is 0.399. The van der Waals surface area contributed by atoms with Crippen LogP contribution in [0.4, 0.5) is 0 Å². The highest BCUT2D eigenvalue weighted by atomic mass is 28.4. The second-order valence-electron chi connectivity index (χ2n) is 12.0. The van der Waals surface area contributed by atoms with Crippen LogP contribution in [0, 0.1) is 5.41 Å². The van der Waals surface area contributed by atoms with Gasteiger partial charge < -0.3 is 14.3 Å². The Bertz CT molecular complexity index is 762. The van der Waals surface area contributed by atoms with E-state index >= 15 is 0 Å². The van der Waals surface area contributed by atoms with E-state index < -0.39 is 22.4 Å². The van der Waals surface area contributed by atoms with Crippen molar-refractivity contribution in [1.29, 1.82) is 0 Å². The number of carboxylic acid groups (broad SMARTS) is 1. The van der Waals surface area contributed by atoms with Gasteiger partial charge in [-0.3, -0.25) is 0 Å². The van der Waals surface area contributed by atoms with E-state index in [-0.39, 0.29) is 16.1 Å². The van der Waals surface area contributed by atoms with Crippen molar-refractivity contribution in [3.63, 3.8) is 0 Å². The summed E-state index contributed by atoms with van der Waals surface area (Å²) in [6, 6.07) is 1.08. The number of aromatic nitrogens is 2. The number of carbonyl (C=O) groups is 1. The van der Waals surface area contributed by atoms with Gasteiger partial charge in [0.2, 0.25) is 0 Å². The van der Waals surface area contributed by atoms with Gasteiger partial charge in [-0.1, -0.05) is 47.3 Å². The zero-order valence-corrected chi connectivity index (χ0v) is 22.5. The summed E-state index contributed by atoms with van der Waals surface area (Å²) in [6.07, 6.45) is 2.41. The third-order valence-corrected chi connectivity index (χ3v) is 12.9. The summed E-state index contributed by atoms with van der Waals surface area (Å²) in [5.41, 5.74) is 2.05. The Labute approximate surface area is 184 Å². The first kappa shape index (κ1) is 25.3. The van der Waals surface area contributed by atoms with Crippen molar-refractivity contribution in [2.24, 2.45) is 5.41 Å². The van der Waals surface area contributed by atoms with Crippen LogP contribution in [-0.2, 0) is 28.7 Å². The van der Waals surface area contributed by atoms with Gasteiger partial charge >= 0.3 is 5.97 Å². The summed E-state index contributed by atoms with van der Waals surface area (Å²) in [6.45, 7) is 22.3. The van der Waals surface area contributed by atoms with E-state index in [0.717, 1.165) is 36.6 Å². The summed E-state index contributed by atoms with van der Waals surface area (Å²) >= 11 is 0. The molecule has 1 aliphatic rings. The third kappa shape index (κ3) is 6.28. The highest BCUT2D eigenvalue weighted by molar-refractivity contribution is 6.76. The molecule has 2 rings (SSSR count). The van der Waals surface area contributed by atoms with E-state index in [1.54, 1.807) is 4.68 Å². The van der Waals surface area contributed by atoms with E-state index in [1.165, 1.54) is 0 Å². The zero-order valence-electron chi connectivity index (χ0n) is 20.5. The number of fused-ring (bicyclic) bond motifs is 1. The lowest BCUT2D eigenvalue weighted by Gasteiger charge is -2.41. The Hall–Kier alpha value is -0.966. The first-order chi connectivity index (χ1) is 13.5. The smallest absolute Gasteiger partial charge is 0.356 e. The van der Waals surface area contributed by atoms with Gasteiger partial charge in [-0.15, -0.1) is 0 Å². The van der Waals surface area contributed by atoms with E-state index in [2.05, 4.69) is 65.5 Å². The molecule has 0 bridgehead atoms. The lowest BCUT2D eigenvalue weighted by atomic mass is 9.75. The molecule has 6 nitrogen and oxygen atoms in total. The number of ether oxygens (including phenoxy) is 1. The van der Waals surface area contributed by atoms with Crippen molar-refractivity contribution in [1.82, 2.24) is 9.78 Å². The Kier molecular flexibility index (Phi) is 7.49. The first-order valence-corrected chi connectivity index (χ1v) is 17.7. The summed E-state index contributed by atoms with van der Waals surface area (Å²) in [7, 11) is -3.00. The molecule has 0 aliphatic heterocycles. The van der Waals surface area contributed by atoms with Gasteiger partial charge in [-0.05, 0) is 48.9 Å². The SMILES string of the molecule is CC1(CO[Si](C)(C)C(C)(C)C)CCc2c(C(=O)O)nn(COCC[Si](C)(C)C)c2C1. The van der Waals surface area contributed by atoms with Crippen molar-refractivity contribution < 1.29 is 19.1 Å². The molecule has 1 aliphatic carbocycles. The number of carboxylic acids is 1. The fourth-order valence-corrected chi connectivity index (χ4v) is 5.32. The predicted octanol–water partition coefficient (Wildman–Crippen LogP) is 5.41. The lowest BCUT2D eigenvalue weighted by molar-refractivity contribution is 0.0662. The molecule has 0 saturated carbocycles. The van der Waals surface area contributed by atoms with Crippen LogP contribution in [-0.4, -0.2) is 50.5 Å².